The van der Waals surface area contributed by atoms with Crippen molar-refractivity contribution in [3.8, 4) is 5.88 Å². The molecule has 3 heteroatoms. The molecule has 1 heterocycles. The molecule has 0 radical (unpaired) electrons. The van der Waals surface area contributed by atoms with Gasteiger partial charge in [0.05, 0.1) is 6.10 Å². The molecular formula is C10H15NOS. The highest BCUT2D eigenvalue weighted by Crippen LogP contribution is 2.10. The van der Waals surface area contributed by atoms with Gasteiger partial charge in [-0.3, -0.25) is 0 Å². The van der Waals surface area contributed by atoms with Gasteiger partial charge in [-0.1, -0.05) is 6.07 Å². The van der Waals surface area contributed by atoms with Crippen molar-refractivity contribution in [1.29, 1.82) is 0 Å². The van der Waals surface area contributed by atoms with Gasteiger partial charge in [-0.15, -0.1) is 0 Å². The minimum absolute atomic E-state index is 0.179. The molecule has 1 rings (SSSR count). The maximum absolute atomic E-state index is 5.47. The van der Waals surface area contributed by atoms with Gasteiger partial charge in [0, 0.05) is 11.8 Å². The molecule has 1 aromatic heterocycles. The minimum Gasteiger partial charge on any atom is -0.475 e. The van der Waals surface area contributed by atoms with E-state index in [0.29, 0.717) is 5.88 Å². The molecule has 1 aromatic rings. The fourth-order valence-corrected chi connectivity index (χ4v) is 1.25. The maximum Gasteiger partial charge on any atom is 0.213 e. The molecule has 0 saturated heterocycles. The van der Waals surface area contributed by atoms with Crippen molar-refractivity contribution in [2.45, 2.75) is 26.4 Å². The van der Waals surface area contributed by atoms with Crippen LogP contribution in [0.4, 0.5) is 0 Å². The third kappa shape index (κ3) is 3.68. The van der Waals surface area contributed by atoms with Crippen LogP contribution < -0.4 is 4.74 Å². The second kappa shape index (κ2) is 5.12. The molecule has 72 valence electrons. The highest BCUT2D eigenvalue weighted by atomic mass is 32.1. The van der Waals surface area contributed by atoms with Gasteiger partial charge in [0.1, 0.15) is 0 Å². The van der Waals surface area contributed by atoms with E-state index in [2.05, 4.69) is 17.6 Å². The Morgan fingerprint density at radius 2 is 2.23 bits per heavy atom. The van der Waals surface area contributed by atoms with Crippen molar-refractivity contribution >= 4 is 12.6 Å². The Hall–Kier alpha value is -0.700. The van der Waals surface area contributed by atoms with Crippen LogP contribution in [-0.4, -0.2) is 16.8 Å². The van der Waals surface area contributed by atoms with Crippen molar-refractivity contribution in [3.63, 3.8) is 0 Å². The summed E-state index contributed by atoms with van der Waals surface area (Å²) in [6, 6.07) is 5.83. The summed E-state index contributed by atoms with van der Waals surface area (Å²) in [6.07, 6.45) is 1.07. The molecule has 0 aromatic carbocycles. The van der Waals surface area contributed by atoms with E-state index in [0.717, 1.165) is 17.9 Å². The Kier molecular flexibility index (Phi) is 4.09. The molecule has 0 fully saturated rings. The average Bonchev–Trinajstić information content (AvgIpc) is 2.04. The van der Waals surface area contributed by atoms with Crippen molar-refractivity contribution in [2.24, 2.45) is 0 Å². The topological polar surface area (TPSA) is 22.1 Å². The zero-order chi connectivity index (χ0) is 9.68. The van der Waals surface area contributed by atoms with E-state index in [1.165, 1.54) is 0 Å². The number of thiol groups is 1. The fourth-order valence-electron chi connectivity index (χ4n) is 1.02. The first-order chi connectivity index (χ1) is 6.22. The number of rotatable bonds is 4. The molecule has 0 aliphatic heterocycles. The number of pyridine rings is 1. The SMILES string of the molecule is CC(C)Oc1cccc(CCS)n1. The van der Waals surface area contributed by atoms with Crippen molar-refractivity contribution in [3.05, 3.63) is 23.9 Å². The van der Waals surface area contributed by atoms with Gasteiger partial charge in [0.2, 0.25) is 5.88 Å². The minimum atomic E-state index is 0.179. The third-order valence-corrected chi connectivity index (χ3v) is 1.73. The van der Waals surface area contributed by atoms with Crippen LogP contribution in [0.1, 0.15) is 19.5 Å². The summed E-state index contributed by atoms with van der Waals surface area (Å²) in [5.74, 6) is 1.52. The van der Waals surface area contributed by atoms with Gasteiger partial charge in [-0.05, 0) is 32.1 Å². The van der Waals surface area contributed by atoms with E-state index < -0.39 is 0 Å². The van der Waals surface area contributed by atoms with Gasteiger partial charge in [-0.25, -0.2) is 4.98 Å². The zero-order valence-electron chi connectivity index (χ0n) is 8.03. The quantitative estimate of drug-likeness (QED) is 0.748. The number of nitrogens with zero attached hydrogens (tertiary/aromatic N) is 1. The van der Waals surface area contributed by atoms with Gasteiger partial charge in [0.15, 0.2) is 0 Å². The molecule has 0 amide bonds. The first kappa shape index (κ1) is 10.4. The molecular weight excluding hydrogens is 182 g/mol. The molecule has 0 aliphatic carbocycles. The molecule has 0 atom stereocenters. The van der Waals surface area contributed by atoms with Gasteiger partial charge in [0.25, 0.3) is 0 Å². The smallest absolute Gasteiger partial charge is 0.213 e. The lowest BCUT2D eigenvalue weighted by Crippen LogP contribution is -2.07. The van der Waals surface area contributed by atoms with E-state index in [4.69, 9.17) is 4.74 Å². The third-order valence-electron chi connectivity index (χ3n) is 1.51. The van der Waals surface area contributed by atoms with Gasteiger partial charge in [-0.2, -0.15) is 12.6 Å². The second-order valence-electron chi connectivity index (χ2n) is 3.11. The average molecular weight is 197 g/mol. The summed E-state index contributed by atoms with van der Waals surface area (Å²) in [7, 11) is 0. The Balaban J connectivity index is 2.67. The second-order valence-corrected chi connectivity index (χ2v) is 3.55. The maximum atomic E-state index is 5.47. The lowest BCUT2D eigenvalue weighted by molar-refractivity contribution is 0.232. The van der Waals surface area contributed by atoms with Crippen LogP contribution in [0.25, 0.3) is 0 Å². The first-order valence-corrected chi connectivity index (χ1v) is 5.09. The normalized spacial score (nSPS) is 10.5. The standard InChI is InChI=1S/C10H15NOS/c1-8(2)12-10-5-3-4-9(11-10)6-7-13/h3-5,8,13H,6-7H2,1-2H3. The van der Waals surface area contributed by atoms with E-state index >= 15 is 0 Å². The van der Waals surface area contributed by atoms with Crippen LogP contribution in [0.15, 0.2) is 18.2 Å². The number of hydrogen-bond acceptors (Lipinski definition) is 3. The summed E-state index contributed by atoms with van der Waals surface area (Å²) in [4.78, 5) is 4.33. The monoisotopic (exact) mass is 197 g/mol. The van der Waals surface area contributed by atoms with Crippen LogP contribution in [0.3, 0.4) is 0 Å². The molecule has 0 bridgehead atoms. The van der Waals surface area contributed by atoms with Crippen LogP contribution >= 0.6 is 12.6 Å². The molecule has 0 aliphatic rings. The largest absolute Gasteiger partial charge is 0.475 e. The number of ether oxygens (including phenoxy) is 1. The summed E-state index contributed by atoms with van der Waals surface area (Å²) in [5.41, 5.74) is 1.04. The van der Waals surface area contributed by atoms with Crippen molar-refractivity contribution < 1.29 is 4.74 Å². The lowest BCUT2D eigenvalue weighted by atomic mass is 10.3. The van der Waals surface area contributed by atoms with Crippen LogP contribution in [-0.2, 0) is 6.42 Å². The van der Waals surface area contributed by atoms with Gasteiger partial charge < -0.3 is 4.74 Å². The number of aromatic nitrogens is 1. The van der Waals surface area contributed by atoms with Crippen LogP contribution in [0.2, 0.25) is 0 Å². The summed E-state index contributed by atoms with van der Waals surface area (Å²) < 4.78 is 5.47. The summed E-state index contributed by atoms with van der Waals surface area (Å²) >= 11 is 4.16. The predicted octanol–water partition coefficient (Wildman–Crippen LogP) is 2.34. The highest BCUT2D eigenvalue weighted by molar-refractivity contribution is 7.80. The Bertz CT molecular complexity index is 263. The molecule has 0 saturated carbocycles. The van der Waals surface area contributed by atoms with E-state index in [1.54, 1.807) is 0 Å². The van der Waals surface area contributed by atoms with E-state index in [1.807, 2.05) is 32.0 Å². The van der Waals surface area contributed by atoms with Crippen LogP contribution in [0.5, 0.6) is 5.88 Å². The predicted molar refractivity (Wildman–Crippen MR) is 57.6 cm³/mol. The Morgan fingerprint density at radius 3 is 2.85 bits per heavy atom. The first-order valence-electron chi connectivity index (χ1n) is 4.46. The van der Waals surface area contributed by atoms with Gasteiger partial charge >= 0.3 is 0 Å². The summed E-state index contributed by atoms with van der Waals surface area (Å²) in [5, 5.41) is 0. The van der Waals surface area contributed by atoms with Crippen molar-refractivity contribution in [1.82, 2.24) is 4.98 Å². The number of hydrogen-bond donors (Lipinski definition) is 1. The van der Waals surface area contributed by atoms with E-state index in [-0.39, 0.29) is 6.10 Å². The Morgan fingerprint density at radius 1 is 1.46 bits per heavy atom. The van der Waals surface area contributed by atoms with Crippen LogP contribution in [0, 0.1) is 0 Å². The zero-order valence-corrected chi connectivity index (χ0v) is 8.92. The molecule has 0 N–H and O–H groups in total. The molecule has 13 heavy (non-hydrogen) atoms. The van der Waals surface area contributed by atoms with Crippen molar-refractivity contribution in [2.75, 3.05) is 5.75 Å². The fraction of sp³-hybridized carbons (Fsp3) is 0.500. The highest BCUT2D eigenvalue weighted by Gasteiger charge is 1.99. The molecule has 2 nitrogen and oxygen atoms in total. The summed E-state index contributed by atoms with van der Waals surface area (Å²) in [6.45, 7) is 3.99. The lowest BCUT2D eigenvalue weighted by Gasteiger charge is -2.08. The van der Waals surface area contributed by atoms with E-state index in [9.17, 15) is 0 Å². The molecule has 0 spiro atoms. The molecule has 0 unspecified atom stereocenters. The number of aryl methyl sites for hydroxylation is 1. The Labute approximate surface area is 84.7 Å².